The second kappa shape index (κ2) is 10.8. The van der Waals surface area contributed by atoms with Gasteiger partial charge in [-0.2, -0.15) is 0 Å². The molecular formula is C18H23N5O4. The summed E-state index contributed by atoms with van der Waals surface area (Å²) in [4.78, 5) is 25.0. The molecule has 2 heterocycles. The normalized spacial score (nSPS) is 13.9. The summed E-state index contributed by atoms with van der Waals surface area (Å²) in [5, 5.41) is 26.4. The van der Waals surface area contributed by atoms with E-state index in [1.807, 2.05) is 30.3 Å². The van der Waals surface area contributed by atoms with E-state index < -0.39 is 11.9 Å². The molecule has 3 N–H and O–H groups in total. The first-order chi connectivity index (χ1) is 13.1. The highest BCUT2D eigenvalue weighted by atomic mass is 16.4. The standard InChI is InChI=1S/C16H21N5.C2H2O4/c1-3-7-14(8-4-1)15-13-18-16(20-19-15)17-9-12-21-10-5-2-6-11-21;3-1(4)2(5)6/h1,3-4,7-8,13H,2,5-6,9-12H2,(H,17,18,20);(H,3,4)(H,5,6). The first kappa shape index (κ1) is 20.2. The Labute approximate surface area is 157 Å². The van der Waals surface area contributed by atoms with Crippen molar-refractivity contribution in [3.8, 4) is 11.3 Å². The maximum Gasteiger partial charge on any atom is 0.414 e. The van der Waals surface area contributed by atoms with Crippen LogP contribution in [0.4, 0.5) is 5.95 Å². The minimum Gasteiger partial charge on any atom is -0.473 e. The van der Waals surface area contributed by atoms with E-state index in [-0.39, 0.29) is 0 Å². The summed E-state index contributed by atoms with van der Waals surface area (Å²) in [6, 6.07) is 9.98. The van der Waals surface area contributed by atoms with Crippen LogP contribution in [0.2, 0.25) is 0 Å². The molecule has 27 heavy (non-hydrogen) atoms. The number of hydrogen-bond donors (Lipinski definition) is 3. The number of piperidine rings is 1. The van der Waals surface area contributed by atoms with Crippen molar-refractivity contribution in [3.63, 3.8) is 0 Å². The molecule has 1 fully saturated rings. The van der Waals surface area contributed by atoms with Gasteiger partial charge < -0.3 is 20.4 Å². The van der Waals surface area contributed by atoms with Crippen LogP contribution in [0.15, 0.2) is 36.5 Å². The molecule has 0 unspecified atom stereocenters. The minimum absolute atomic E-state index is 0.603. The molecule has 1 aromatic heterocycles. The van der Waals surface area contributed by atoms with Gasteiger partial charge in [-0.1, -0.05) is 36.8 Å². The minimum atomic E-state index is -1.82. The maximum atomic E-state index is 9.10. The highest BCUT2D eigenvalue weighted by Crippen LogP contribution is 2.14. The molecule has 1 aromatic carbocycles. The molecule has 0 spiro atoms. The van der Waals surface area contributed by atoms with E-state index in [0.29, 0.717) is 5.95 Å². The van der Waals surface area contributed by atoms with E-state index in [0.717, 1.165) is 24.3 Å². The number of rotatable bonds is 5. The molecule has 1 aliphatic rings. The van der Waals surface area contributed by atoms with E-state index in [1.165, 1.54) is 32.4 Å². The molecule has 9 heteroatoms. The second-order valence-electron chi connectivity index (χ2n) is 5.97. The van der Waals surface area contributed by atoms with E-state index in [9.17, 15) is 0 Å². The predicted octanol–water partition coefficient (Wildman–Crippen LogP) is 1.59. The molecule has 9 nitrogen and oxygen atoms in total. The van der Waals surface area contributed by atoms with Crippen molar-refractivity contribution in [2.75, 3.05) is 31.5 Å². The number of carboxylic acids is 2. The smallest absolute Gasteiger partial charge is 0.414 e. The number of nitrogens with zero attached hydrogens (tertiary/aromatic N) is 4. The molecule has 3 rings (SSSR count). The Morgan fingerprint density at radius 3 is 2.22 bits per heavy atom. The summed E-state index contributed by atoms with van der Waals surface area (Å²) in [6.45, 7) is 4.34. The molecular weight excluding hydrogens is 350 g/mol. The number of carboxylic acid groups (broad SMARTS) is 2. The zero-order chi connectivity index (χ0) is 19.5. The topological polar surface area (TPSA) is 129 Å². The van der Waals surface area contributed by atoms with E-state index in [1.54, 1.807) is 6.20 Å². The van der Waals surface area contributed by atoms with Crippen molar-refractivity contribution in [1.29, 1.82) is 0 Å². The molecule has 0 amide bonds. The van der Waals surface area contributed by atoms with Gasteiger partial charge in [-0.05, 0) is 25.9 Å². The SMILES string of the molecule is O=C(O)C(=O)O.c1ccc(-c2cnc(NCCN3CCCCC3)nn2)cc1. The lowest BCUT2D eigenvalue weighted by Crippen LogP contribution is -2.33. The molecule has 1 aliphatic heterocycles. The van der Waals surface area contributed by atoms with Gasteiger partial charge in [-0.25, -0.2) is 14.6 Å². The third-order valence-corrected chi connectivity index (χ3v) is 3.97. The van der Waals surface area contributed by atoms with Crippen molar-refractivity contribution in [1.82, 2.24) is 20.1 Å². The number of benzene rings is 1. The van der Waals surface area contributed by atoms with Crippen molar-refractivity contribution in [2.24, 2.45) is 0 Å². The van der Waals surface area contributed by atoms with Crippen LogP contribution in [0.3, 0.4) is 0 Å². The fraction of sp³-hybridized carbons (Fsp3) is 0.389. The fourth-order valence-corrected chi connectivity index (χ4v) is 2.61. The highest BCUT2D eigenvalue weighted by Gasteiger charge is 2.09. The van der Waals surface area contributed by atoms with Crippen molar-refractivity contribution in [2.45, 2.75) is 19.3 Å². The summed E-state index contributed by atoms with van der Waals surface area (Å²) < 4.78 is 0. The third-order valence-electron chi connectivity index (χ3n) is 3.97. The molecule has 2 aromatic rings. The lowest BCUT2D eigenvalue weighted by atomic mass is 10.1. The van der Waals surface area contributed by atoms with Gasteiger partial charge in [0.1, 0.15) is 5.69 Å². The van der Waals surface area contributed by atoms with E-state index in [2.05, 4.69) is 25.4 Å². The largest absolute Gasteiger partial charge is 0.473 e. The van der Waals surface area contributed by atoms with E-state index in [4.69, 9.17) is 19.8 Å². The Bertz CT molecular complexity index is 706. The van der Waals surface area contributed by atoms with E-state index >= 15 is 0 Å². The van der Waals surface area contributed by atoms with Crippen LogP contribution in [0.25, 0.3) is 11.3 Å². The van der Waals surface area contributed by atoms with Crippen LogP contribution in [0.5, 0.6) is 0 Å². The summed E-state index contributed by atoms with van der Waals surface area (Å²) in [5.74, 6) is -3.04. The number of hydrogen-bond acceptors (Lipinski definition) is 7. The number of carbonyl (C=O) groups is 2. The summed E-state index contributed by atoms with van der Waals surface area (Å²) in [5.41, 5.74) is 1.84. The van der Waals surface area contributed by atoms with Crippen molar-refractivity contribution in [3.05, 3.63) is 36.5 Å². The van der Waals surface area contributed by atoms with Gasteiger partial charge in [0.25, 0.3) is 0 Å². The zero-order valence-corrected chi connectivity index (χ0v) is 14.9. The van der Waals surface area contributed by atoms with Crippen molar-refractivity contribution < 1.29 is 19.8 Å². The van der Waals surface area contributed by atoms with Gasteiger partial charge in [0.15, 0.2) is 0 Å². The molecule has 0 atom stereocenters. The number of nitrogens with one attached hydrogen (secondary N) is 1. The number of aliphatic carboxylic acids is 2. The third kappa shape index (κ3) is 7.37. The molecule has 1 saturated heterocycles. The average Bonchev–Trinajstić information content (AvgIpc) is 2.70. The summed E-state index contributed by atoms with van der Waals surface area (Å²) in [6.07, 6.45) is 5.79. The molecule has 0 bridgehead atoms. The van der Waals surface area contributed by atoms with Gasteiger partial charge in [0, 0.05) is 18.7 Å². The lowest BCUT2D eigenvalue weighted by Gasteiger charge is -2.26. The number of likely N-dealkylation sites (tertiary alicyclic amines) is 1. The zero-order valence-electron chi connectivity index (χ0n) is 14.9. The van der Waals surface area contributed by atoms with Crippen LogP contribution in [0.1, 0.15) is 19.3 Å². The Morgan fingerprint density at radius 2 is 1.67 bits per heavy atom. The Balaban J connectivity index is 0.000000380. The lowest BCUT2D eigenvalue weighted by molar-refractivity contribution is -0.159. The molecule has 144 valence electrons. The maximum absolute atomic E-state index is 9.10. The number of aromatic nitrogens is 3. The van der Waals surface area contributed by atoms with Crippen LogP contribution in [0, 0.1) is 0 Å². The second-order valence-corrected chi connectivity index (χ2v) is 5.97. The van der Waals surface area contributed by atoms with Gasteiger partial charge in [0.05, 0.1) is 6.20 Å². The predicted molar refractivity (Wildman–Crippen MR) is 99.3 cm³/mol. The Hall–Kier alpha value is -3.07. The Kier molecular flexibility index (Phi) is 8.11. The fourth-order valence-electron chi connectivity index (χ4n) is 2.61. The molecule has 0 radical (unpaired) electrons. The van der Waals surface area contributed by atoms with Gasteiger partial charge in [-0.3, -0.25) is 0 Å². The summed E-state index contributed by atoms with van der Waals surface area (Å²) in [7, 11) is 0. The van der Waals surface area contributed by atoms with Crippen LogP contribution >= 0.6 is 0 Å². The molecule has 0 aliphatic carbocycles. The van der Waals surface area contributed by atoms with Crippen LogP contribution in [-0.4, -0.2) is 68.4 Å². The van der Waals surface area contributed by atoms with Gasteiger partial charge >= 0.3 is 11.9 Å². The van der Waals surface area contributed by atoms with Gasteiger partial charge in [-0.15, -0.1) is 10.2 Å². The highest BCUT2D eigenvalue weighted by molar-refractivity contribution is 6.27. The van der Waals surface area contributed by atoms with Gasteiger partial charge in [0.2, 0.25) is 5.95 Å². The first-order valence-corrected chi connectivity index (χ1v) is 8.74. The van der Waals surface area contributed by atoms with Crippen molar-refractivity contribution >= 4 is 17.9 Å². The summed E-state index contributed by atoms with van der Waals surface area (Å²) >= 11 is 0. The quantitative estimate of drug-likeness (QED) is 0.669. The van der Waals surface area contributed by atoms with Crippen LogP contribution < -0.4 is 5.32 Å². The first-order valence-electron chi connectivity index (χ1n) is 8.74. The monoisotopic (exact) mass is 373 g/mol. The average molecular weight is 373 g/mol. The molecule has 0 saturated carbocycles. The number of anilines is 1. The van der Waals surface area contributed by atoms with Crippen LogP contribution in [-0.2, 0) is 9.59 Å². The Morgan fingerprint density at radius 1 is 1.00 bits per heavy atom.